The van der Waals surface area contributed by atoms with Crippen LogP contribution >= 0.6 is 15.9 Å². The van der Waals surface area contributed by atoms with Gasteiger partial charge in [0, 0.05) is 0 Å². The van der Waals surface area contributed by atoms with Gasteiger partial charge in [-0.05, 0) is 59.1 Å². The van der Waals surface area contributed by atoms with Gasteiger partial charge in [0.1, 0.15) is 4.60 Å². The van der Waals surface area contributed by atoms with Crippen LogP contribution in [0.2, 0.25) is 0 Å². The van der Waals surface area contributed by atoms with E-state index < -0.39 is 10.0 Å². The van der Waals surface area contributed by atoms with E-state index in [4.69, 9.17) is 0 Å². The molecule has 0 saturated heterocycles. The van der Waals surface area contributed by atoms with Gasteiger partial charge in [-0.2, -0.15) is 0 Å². The van der Waals surface area contributed by atoms with E-state index in [1.54, 1.807) is 24.3 Å². The number of nitrogens with one attached hydrogen (secondary N) is 1. The first-order valence-electron chi connectivity index (χ1n) is 5.60. The summed E-state index contributed by atoms with van der Waals surface area (Å²) in [6, 6.07) is 8.49. The number of aromatic nitrogens is 1. The van der Waals surface area contributed by atoms with Gasteiger partial charge >= 0.3 is 0 Å². The Bertz CT molecular complexity index is 714. The quantitative estimate of drug-likeness (QED) is 0.872. The van der Waals surface area contributed by atoms with E-state index in [1.165, 1.54) is 6.20 Å². The number of halogens is 1. The Morgan fingerprint density at radius 1 is 1.21 bits per heavy atom. The first-order valence-corrected chi connectivity index (χ1v) is 7.88. The van der Waals surface area contributed by atoms with Crippen molar-refractivity contribution in [2.45, 2.75) is 18.7 Å². The molecule has 2 aromatic rings. The number of benzene rings is 1. The molecule has 0 amide bonds. The average molecular weight is 341 g/mol. The number of nitrogens with zero attached hydrogens (tertiary/aromatic N) is 1. The molecule has 1 aromatic carbocycles. The van der Waals surface area contributed by atoms with Crippen molar-refractivity contribution in [1.82, 2.24) is 4.98 Å². The maximum absolute atomic E-state index is 12.2. The first kappa shape index (κ1) is 14.0. The molecule has 4 nitrogen and oxygen atoms in total. The van der Waals surface area contributed by atoms with Crippen LogP contribution in [-0.2, 0) is 10.0 Å². The molecule has 0 atom stereocenters. The SMILES string of the molecule is Cc1cccc(S(=O)(=O)Nc2cnc(Br)c(C)c2)c1. The van der Waals surface area contributed by atoms with E-state index in [-0.39, 0.29) is 4.90 Å². The third kappa shape index (κ3) is 3.33. The van der Waals surface area contributed by atoms with Gasteiger partial charge in [-0.1, -0.05) is 12.1 Å². The van der Waals surface area contributed by atoms with Crippen molar-refractivity contribution < 1.29 is 8.42 Å². The summed E-state index contributed by atoms with van der Waals surface area (Å²) < 4.78 is 27.6. The molecule has 0 bridgehead atoms. The number of sulfonamides is 1. The number of pyridine rings is 1. The van der Waals surface area contributed by atoms with E-state index in [0.29, 0.717) is 10.3 Å². The predicted octanol–water partition coefficient (Wildman–Crippen LogP) is 3.26. The fourth-order valence-electron chi connectivity index (χ4n) is 1.61. The lowest BCUT2D eigenvalue weighted by molar-refractivity contribution is 0.601. The predicted molar refractivity (Wildman–Crippen MR) is 78.7 cm³/mol. The lowest BCUT2D eigenvalue weighted by Crippen LogP contribution is -2.13. The van der Waals surface area contributed by atoms with Crippen molar-refractivity contribution in [2.24, 2.45) is 0 Å². The third-order valence-electron chi connectivity index (χ3n) is 2.57. The molecule has 0 aliphatic rings. The Hall–Kier alpha value is -1.40. The molecule has 1 heterocycles. The molecule has 0 fully saturated rings. The smallest absolute Gasteiger partial charge is 0.261 e. The highest BCUT2D eigenvalue weighted by molar-refractivity contribution is 9.10. The number of anilines is 1. The number of rotatable bonds is 3. The Morgan fingerprint density at radius 3 is 2.58 bits per heavy atom. The molecule has 2 rings (SSSR count). The molecule has 100 valence electrons. The minimum Gasteiger partial charge on any atom is -0.278 e. The molecule has 0 aliphatic heterocycles. The van der Waals surface area contributed by atoms with Crippen LogP contribution in [0, 0.1) is 13.8 Å². The zero-order valence-electron chi connectivity index (χ0n) is 10.5. The average Bonchev–Trinajstić information content (AvgIpc) is 2.33. The second-order valence-corrected chi connectivity index (χ2v) is 6.69. The lowest BCUT2D eigenvalue weighted by atomic mass is 10.2. The monoisotopic (exact) mass is 340 g/mol. The normalized spacial score (nSPS) is 11.3. The maximum Gasteiger partial charge on any atom is 0.261 e. The first-order chi connectivity index (χ1) is 8.88. The van der Waals surface area contributed by atoms with Crippen LogP contribution < -0.4 is 4.72 Å². The van der Waals surface area contributed by atoms with E-state index >= 15 is 0 Å². The zero-order chi connectivity index (χ0) is 14.0. The molecule has 0 spiro atoms. The van der Waals surface area contributed by atoms with Crippen molar-refractivity contribution in [2.75, 3.05) is 4.72 Å². The molecule has 19 heavy (non-hydrogen) atoms. The van der Waals surface area contributed by atoms with Gasteiger partial charge < -0.3 is 0 Å². The second kappa shape index (κ2) is 5.30. The molecular weight excluding hydrogens is 328 g/mol. The van der Waals surface area contributed by atoms with Gasteiger partial charge in [-0.25, -0.2) is 13.4 Å². The standard InChI is InChI=1S/C13H13BrN2O2S/c1-9-4-3-5-12(6-9)19(17,18)16-11-7-10(2)13(14)15-8-11/h3-8,16H,1-2H3. The molecule has 1 aromatic heterocycles. The van der Waals surface area contributed by atoms with Crippen LogP contribution in [0.25, 0.3) is 0 Å². The van der Waals surface area contributed by atoms with Crippen LogP contribution in [0.5, 0.6) is 0 Å². The molecule has 0 radical (unpaired) electrons. The number of hydrogen-bond donors (Lipinski definition) is 1. The van der Waals surface area contributed by atoms with Crippen molar-refractivity contribution in [3.63, 3.8) is 0 Å². The summed E-state index contributed by atoms with van der Waals surface area (Å²) in [7, 11) is -3.57. The third-order valence-corrected chi connectivity index (χ3v) is 4.78. The summed E-state index contributed by atoms with van der Waals surface area (Å²) in [6.07, 6.45) is 1.48. The topological polar surface area (TPSA) is 59.1 Å². The van der Waals surface area contributed by atoms with Crippen molar-refractivity contribution in [3.8, 4) is 0 Å². The summed E-state index contributed by atoms with van der Waals surface area (Å²) in [5.41, 5.74) is 2.21. The van der Waals surface area contributed by atoms with E-state index in [2.05, 4.69) is 25.6 Å². The van der Waals surface area contributed by atoms with Crippen LogP contribution in [-0.4, -0.2) is 13.4 Å². The Morgan fingerprint density at radius 2 is 1.95 bits per heavy atom. The highest BCUT2D eigenvalue weighted by Gasteiger charge is 2.14. The van der Waals surface area contributed by atoms with E-state index in [0.717, 1.165) is 11.1 Å². The molecule has 1 N–H and O–H groups in total. The number of aryl methyl sites for hydroxylation is 2. The van der Waals surface area contributed by atoms with Gasteiger partial charge in [-0.3, -0.25) is 4.72 Å². The minimum atomic E-state index is -3.57. The Labute approximate surface area is 121 Å². The summed E-state index contributed by atoms with van der Waals surface area (Å²) in [6.45, 7) is 3.70. The highest BCUT2D eigenvalue weighted by atomic mass is 79.9. The van der Waals surface area contributed by atoms with Crippen molar-refractivity contribution >= 4 is 31.6 Å². The maximum atomic E-state index is 12.2. The molecule has 0 aliphatic carbocycles. The van der Waals surface area contributed by atoms with E-state index in [9.17, 15) is 8.42 Å². The van der Waals surface area contributed by atoms with Crippen LogP contribution in [0.1, 0.15) is 11.1 Å². The fourth-order valence-corrected chi connectivity index (χ4v) is 2.97. The number of hydrogen-bond acceptors (Lipinski definition) is 3. The van der Waals surface area contributed by atoms with Gasteiger partial charge in [0.25, 0.3) is 10.0 Å². The lowest BCUT2D eigenvalue weighted by Gasteiger charge is -2.09. The van der Waals surface area contributed by atoms with E-state index in [1.807, 2.05) is 19.9 Å². The Kier molecular flexibility index (Phi) is 3.91. The summed E-state index contributed by atoms with van der Waals surface area (Å²) >= 11 is 3.28. The molecule has 0 saturated carbocycles. The fraction of sp³-hybridized carbons (Fsp3) is 0.154. The molecule has 0 unspecified atom stereocenters. The van der Waals surface area contributed by atoms with Gasteiger partial charge in [0.05, 0.1) is 16.8 Å². The van der Waals surface area contributed by atoms with Gasteiger partial charge in [0.15, 0.2) is 0 Å². The zero-order valence-corrected chi connectivity index (χ0v) is 12.9. The molecular formula is C13H13BrN2O2S. The summed E-state index contributed by atoms with van der Waals surface area (Å²) in [5, 5.41) is 0. The van der Waals surface area contributed by atoms with Crippen LogP contribution in [0.4, 0.5) is 5.69 Å². The largest absolute Gasteiger partial charge is 0.278 e. The second-order valence-electron chi connectivity index (χ2n) is 4.25. The van der Waals surface area contributed by atoms with Crippen molar-refractivity contribution in [3.05, 3.63) is 52.3 Å². The van der Waals surface area contributed by atoms with Crippen LogP contribution in [0.3, 0.4) is 0 Å². The highest BCUT2D eigenvalue weighted by Crippen LogP contribution is 2.20. The van der Waals surface area contributed by atoms with Crippen molar-refractivity contribution in [1.29, 1.82) is 0 Å². The molecule has 6 heteroatoms. The van der Waals surface area contributed by atoms with Gasteiger partial charge in [0.2, 0.25) is 0 Å². The van der Waals surface area contributed by atoms with Crippen LogP contribution in [0.15, 0.2) is 46.0 Å². The summed E-state index contributed by atoms with van der Waals surface area (Å²) in [5.74, 6) is 0. The Balaban J connectivity index is 2.33. The van der Waals surface area contributed by atoms with Gasteiger partial charge in [-0.15, -0.1) is 0 Å². The minimum absolute atomic E-state index is 0.244. The summed E-state index contributed by atoms with van der Waals surface area (Å²) in [4.78, 5) is 4.31.